The quantitative estimate of drug-likeness (QED) is 0.783. The number of rotatable bonds is 7. The highest BCUT2D eigenvalue weighted by atomic mass is 79.9. The molecule has 1 aliphatic heterocycles. The first kappa shape index (κ1) is 18.2. The van der Waals surface area contributed by atoms with Crippen LogP contribution in [0.3, 0.4) is 0 Å². The summed E-state index contributed by atoms with van der Waals surface area (Å²) in [5.41, 5.74) is 6.18. The predicted octanol–water partition coefficient (Wildman–Crippen LogP) is 2.43. The monoisotopic (exact) mass is 384 g/mol. The number of likely N-dealkylation sites (N-methyl/N-ethyl adjacent to an activating group) is 1. The molecule has 6 heteroatoms. The smallest absolute Gasteiger partial charge is 0.239 e. The number of hydrogen-bond donors (Lipinski definition) is 1. The van der Waals surface area contributed by atoms with Gasteiger partial charge in [-0.1, -0.05) is 15.9 Å². The van der Waals surface area contributed by atoms with Crippen LogP contribution in [0, 0.1) is 5.92 Å². The minimum Gasteiger partial charge on any atom is -0.492 e. The van der Waals surface area contributed by atoms with E-state index in [1.54, 1.807) is 4.90 Å². The van der Waals surface area contributed by atoms with Crippen LogP contribution >= 0.6 is 15.9 Å². The molecule has 0 saturated carbocycles. The molecule has 1 aromatic rings. The van der Waals surface area contributed by atoms with Gasteiger partial charge in [-0.05, 0) is 49.9 Å². The number of amides is 1. The molecule has 0 aromatic heterocycles. The maximum atomic E-state index is 12.6. The van der Waals surface area contributed by atoms with Gasteiger partial charge < -0.3 is 20.1 Å². The second-order valence-electron chi connectivity index (χ2n) is 5.70. The number of nitrogens with zero attached hydrogens (tertiary/aromatic N) is 1. The Bertz CT molecular complexity index is 489. The SMILES string of the molecule is CCN(CCOc1ccc(Br)cc1)C(=O)C(N)C1CCOCC1. The molecule has 1 aromatic carbocycles. The number of halogens is 1. The van der Waals surface area contributed by atoms with Gasteiger partial charge in [0.25, 0.3) is 0 Å². The van der Waals surface area contributed by atoms with E-state index in [1.165, 1.54) is 0 Å². The van der Waals surface area contributed by atoms with Crippen LogP contribution in [0.15, 0.2) is 28.7 Å². The van der Waals surface area contributed by atoms with Gasteiger partial charge in [-0.2, -0.15) is 0 Å². The van der Waals surface area contributed by atoms with Crippen LogP contribution in [0.25, 0.3) is 0 Å². The molecule has 0 bridgehead atoms. The van der Waals surface area contributed by atoms with E-state index in [9.17, 15) is 4.79 Å². The molecule has 1 fully saturated rings. The first-order chi connectivity index (χ1) is 11.1. The van der Waals surface area contributed by atoms with E-state index in [0.29, 0.717) is 32.9 Å². The highest BCUT2D eigenvalue weighted by molar-refractivity contribution is 9.10. The number of carbonyl (C=O) groups is 1. The van der Waals surface area contributed by atoms with Crippen LogP contribution in [0.1, 0.15) is 19.8 Å². The molecule has 2 rings (SSSR count). The van der Waals surface area contributed by atoms with E-state index in [1.807, 2.05) is 31.2 Å². The van der Waals surface area contributed by atoms with Gasteiger partial charge in [-0.25, -0.2) is 0 Å². The molecule has 1 aliphatic rings. The Morgan fingerprint density at radius 2 is 2.04 bits per heavy atom. The van der Waals surface area contributed by atoms with E-state index < -0.39 is 6.04 Å². The van der Waals surface area contributed by atoms with Gasteiger partial charge in [-0.3, -0.25) is 4.79 Å². The normalized spacial score (nSPS) is 16.8. The summed E-state index contributed by atoms with van der Waals surface area (Å²) in [4.78, 5) is 14.3. The lowest BCUT2D eigenvalue weighted by atomic mass is 9.91. The zero-order valence-electron chi connectivity index (χ0n) is 13.5. The summed E-state index contributed by atoms with van der Waals surface area (Å²) in [6.07, 6.45) is 1.72. The Balaban J connectivity index is 1.81. The summed E-state index contributed by atoms with van der Waals surface area (Å²) in [6, 6.07) is 7.22. The molecule has 1 unspecified atom stereocenters. The minimum absolute atomic E-state index is 0.0128. The molecular weight excluding hydrogens is 360 g/mol. The van der Waals surface area contributed by atoms with E-state index in [4.69, 9.17) is 15.2 Å². The number of carbonyl (C=O) groups excluding carboxylic acids is 1. The fourth-order valence-electron chi connectivity index (χ4n) is 2.72. The molecule has 23 heavy (non-hydrogen) atoms. The van der Waals surface area contributed by atoms with E-state index >= 15 is 0 Å². The van der Waals surface area contributed by atoms with Gasteiger partial charge in [0, 0.05) is 24.2 Å². The Hall–Kier alpha value is -1.11. The van der Waals surface area contributed by atoms with Crippen molar-refractivity contribution in [2.24, 2.45) is 11.7 Å². The molecule has 128 valence electrons. The van der Waals surface area contributed by atoms with Crippen molar-refractivity contribution in [2.75, 3.05) is 32.9 Å². The summed E-state index contributed by atoms with van der Waals surface area (Å²) in [5.74, 6) is 1.03. The maximum Gasteiger partial charge on any atom is 0.239 e. The number of ether oxygens (including phenoxy) is 2. The standard InChI is InChI=1S/C17H25BrN2O3/c1-2-20(9-12-23-15-5-3-14(18)4-6-15)17(21)16(19)13-7-10-22-11-8-13/h3-6,13,16H,2,7-12,19H2,1H3. The van der Waals surface area contributed by atoms with Crippen LogP contribution in [0.5, 0.6) is 5.75 Å². The highest BCUT2D eigenvalue weighted by Crippen LogP contribution is 2.19. The van der Waals surface area contributed by atoms with E-state index in [2.05, 4.69) is 15.9 Å². The molecule has 1 amide bonds. The van der Waals surface area contributed by atoms with Crippen molar-refractivity contribution in [3.8, 4) is 5.75 Å². The molecule has 2 N–H and O–H groups in total. The van der Waals surface area contributed by atoms with Gasteiger partial charge in [0.1, 0.15) is 12.4 Å². The fraction of sp³-hybridized carbons (Fsp3) is 0.588. The van der Waals surface area contributed by atoms with Gasteiger partial charge in [0.05, 0.1) is 12.6 Å². The summed E-state index contributed by atoms with van der Waals surface area (Å²) in [5, 5.41) is 0. The van der Waals surface area contributed by atoms with Crippen LogP contribution in [0.4, 0.5) is 0 Å². The molecule has 0 spiro atoms. The van der Waals surface area contributed by atoms with Crippen molar-refractivity contribution in [3.05, 3.63) is 28.7 Å². The molecule has 0 radical (unpaired) electrons. The molecule has 0 aliphatic carbocycles. The molecule has 5 nitrogen and oxygen atoms in total. The second-order valence-corrected chi connectivity index (χ2v) is 6.61. The zero-order valence-corrected chi connectivity index (χ0v) is 15.1. The van der Waals surface area contributed by atoms with Crippen LogP contribution in [0.2, 0.25) is 0 Å². The fourth-order valence-corrected chi connectivity index (χ4v) is 2.98. The van der Waals surface area contributed by atoms with Crippen molar-refractivity contribution in [1.29, 1.82) is 0 Å². The topological polar surface area (TPSA) is 64.8 Å². The van der Waals surface area contributed by atoms with Crippen molar-refractivity contribution < 1.29 is 14.3 Å². The average Bonchev–Trinajstić information content (AvgIpc) is 2.60. The van der Waals surface area contributed by atoms with Crippen LogP contribution < -0.4 is 10.5 Å². The molecular formula is C17H25BrN2O3. The second kappa shape index (κ2) is 9.25. The first-order valence-corrected chi connectivity index (χ1v) is 8.91. The van der Waals surface area contributed by atoms with E-state index in [-0.39, 0.29) is 11.8 Å². The largest absolute Gasteiger partial charge is 0.492 e. The summed E-state index contributed by atoms with van der Waals surface area (Å²) >= 11 is 3.39. The lowest BCUT2D eigenvalue weighted by Crippen LogP contribution is -2.49. The van der Waals surface area contributed by atoms with Crippen molar-refractivity contribution in [2.45, 2.75) is 25.8 Å². The first-order valence-electron chi connectivity index (χ1n) is 8.12. The maximum absolute atomic E-state index is 12.6. The van der Waals surface area contributed by atoms with Gasteiger partial charge in [0.2, 0.25) is 5.91 Å². The third-order valence-electron chi connectivity index (χ3n) is 4.20. The van der Waals surface area contributed by atoms with Gasteiger partial charge in [-0.15, -0.1) is 0 Å². The number of nitrogens with two attached hydrogens (primary N) is 1. The number of benzene rings is 1. The Labute approximate surface area is 146 Å². The Morgan fingerprint density at radius 1 is 1.39 bits per heavy atom. The number of hydrogen-bond acceptors (Lipinski definition) is 4. The summed E-state index contributed by atoms with van der Waals surface area (Å²) < 4.78 is 12.0. The van der Waals surface area contributed by atoms with Gasteiger partial charge >= 0.3 is 0 Å². The van der Waals surface area contributed by atoms with Crippen molar-refractivity contribution in [1.82, 2.24) is 4.90 Å². The Morgan fingerprint density at radius 3 is 2.65 bits per heavy atom. The zero-order chi connectivity index (χ0) is 16.7. The predicted molar refractivity (Wildman–Crippen MR) is 93.4 cm³/mol. The third kappa shape index (κ3) is 5.48. The van der Waals surface area contributed by atoms with Gasteiger partial charge in [0.15, 0.2) is 0 Å². The van der Waals surface area contributed by atoms with Crippen molar-refractivity contribution >= 4 is 21.8 Å². The van der Waals surface area contributed by atoms with Crippen LogP contribution in [-0.2, 0) is 9.53 Å². The molecule has 1 heterocycles. The average molecular weight is 385 g/mol. The van der Waals surface area contributed by atoms with Crippen molar-refractivity contribution in [3.63, 3.8) is 0 Å². The molecule has 1 saturated heterocycles. The highest BCUT2D eigenvalue weighted by Gasteiger charge is 2.29. The van der Waals surface area contributed by atoms with Crippen LogP contribution in [-0.4, -0.2) is 49.8 Å². The Kier molecular flexibility index (Phi) is 7.33. The van der Waals surface area contributed by atoms with E-state index in [0.717, 1.165) is 23.1 Å². The lowest BCUT2D eigenvalue weighted by Gasteiger charge is -2.31. The lowest BCUT2D eigenvalue weighted by molar-refractivity contribution is -0.134. The summed E-state index contributed by atoms with van der Waals surface area (Å²) in [6.45, 7) is 5.01. The summed E-state index contributed by atoms with van der Waals surface area (Å²) in [7, 11) is 0. The molecule has 1 atom stereocenters. The third-order valence-corrected chi connectivity index (χ3v) is 4.72. The minimum atomic E-state index is -0.438.